The van der Waals surface area contributed by atoms with Crippen LogP contribution in [0.2, 0.25) is 0 Å². The van der Waals surface area contributed by atoms with Crippen LogP contribution in [0.4, 0.5) is 10.5 Å². The predicted molar refractivity (Wildman–Crippen MR) is 94.6 cm³/mol. The molecule has 0 aliphatic heterocycles. The fourth-order valence-corrected chi connectivity index (χ4v) is 2.21. The van der Waals surface area contributed by atoms with Gasteiger partial charge in [-0.25, -0.2) is 4.79 Å². The standard InChI is InChI=1S/C17H27N5O/c1-11(2)20-17(23)21-14-7-5-13(6-8-14)10-19-16(18-4)22-15-9-12(15)3/h5-8,11-12,15H,9-10H2,1-4H3,(H2,18,19,22)(H2,20,21,23). The summed E-state index contributed by atoms with van der Waals surface area (Å²) in [7, 11) is 1.78. The maximum atomic E-state index is 11.6. The Morgan fingerprint density at radius 3 is 2.48 bits per heavy atom. The van der Waals surface area contributed by atoms with Crippen molar-refractivity contribution in [2.24, 2.45) is 10.9 Å². The van der Waals surface area contributed by atoms with Crippen molar-refractivity contribution in [1.82, 2.24) is 16.0 Å². The maximum Gasteiger partial charge on any atom is 0.319 e. The molecule has 0 bridgehead atoms. The third-order valence-electron chi connectivity index (χ3n) is 3.75. The molecule has 0 heterocycles. The number of carbonyl (C=O) groups excluding carboxylic acids is 1. The van der Waals surface area contributed by atoms with Crippen LogP contribution in [0.25, 0.3) is 0 Å². The lowest BCUT2D eigenvalue weighted by Gasteiger charge is -2.12. The highest BCUT2D eigenvalue weighted by molar-refractivity contribution is 5.89. The molecule has 0 radical (unpaired) electrons. The molecule has 126 valence electrons. The summed E-state index contributed by atoms with van der Waals surface area (Å²) in [5.41, 5.74) is 1.91. The van der Waals surface area contributed by atoms with Crippen molar-refractivity contribution >= 4 is 17.7 Å². The molecule has 2 atom stereocenters. The van der Waals surface area contributed by atoms with E-state index in [2.05, 4.69) is 33.2 Å². The van der Waals surface area contributed by atoms with Crippen LogP contribution in [0.1, 0.15) is 32.8 Å². The number of hydrogen-bond donors (Lipinski definition) is 4. The summed E-state index contributed by atoms with van der Waals surface area (Å²) in [5.74, 6) is 1.56. The molecule has 1 aliphatic rings. The van der Waals surface area contributed by atoms with Gasteiger partial charge < -0.3 is 21.3 Å². The Morgan fingerprint density at radius 1 is 1.30 bits per heavy atom. The molecule has 6 heteroatoms. The van der Waals surface area contributed by atoms with Gasteiger partial charge in [-0.2, -0.15) is 0 Å². The summed E-state index contributed by atoms with van der Waals surface area (Å²) in [5, 5.41) is 12.3. The van der Waals surface area contributed by atoms with Crippen molar-refractivity contribution in [2.45, 2.75) is 45.8 Å². The predicted octanol–water partition coefficient (Wildman–Crippen LogP) is 2.29. The molecule has 2 rings (SSSR count). The molecule has 1 fully saturated rings. The number of guanidine groups is 1. The largest absolute Gasteiger partial charge is 0.353 e. The van der Waals surface area contributed by atoms with Gasteiger partial charge in [-0.1, -0.05) is 19.1 Å². The summed E-state index contributed by atoms with van der Waals surface area (Å²) < 4.78 is 0. The molecule has 6 nitrogen and oxygen atoms in total. The molecular weight excluding hydrogens is 290 g/mol. The van der Waals surface area contributed by atoms with Gasteiger partial charge in [0.2, 0.25) is 0 Å². The van der Waals surface area contributed by atoms with Crippen LogP contribution in [0.5, 0.6) is 0 Å². The number of benzene rings is 1. The molecule has 23 heavy (non-hydrogen) atoms. The van der Waals surface area contributed by atoms with Gasteiger partial charge in [0.05, 0.1) is 0 Å². The van der Waals surface area contributed by atoms with Crippen LogP contribution in [-0.2, 0) is 6.54 Å². The van der Waals surface area contributed by atoms with Crippen molar-refractivity contribution in [1.29, 1.82) is 0 Å². The highest BCUT2D eigenvalue weighted by atomic mass is 16.2. The average Bonchev–Trinajstić information content (AvgIpc) is 3.19. The molecule has 4 N–H and O–H groups in total. The normalized spacial score (nSPS) is 20.1. The summed E-state index contributed by atoms with van der Waals surface area (Å²) >= 11 is 0. The Morgan fingerprint density at radius 2 is 1.96 bits per heavy atom. The lowest BCUT2D eigenvalue weighted by atomic mass is 10.2. The number of nitrogens with one attached hydrogen (secondary N) is 4. The second-order valence-electron chi connectivity index (χ2n) is 6.34. The topological polar surface area (TPSA) is 77.5 Å². The smallest absolute Gasteiger partial charge is 0.319 e. The zero-order valence-corrected chi connectivity index (χ0v) is 14.3. The lowest BCUT2D eigenvalue weighted by molar-refractivity contribution is 0.250. The lowest BCUT2D eigenvalue weighted by Crippen LogP contribution is -2.38. The second-order valence-corrected chi connectivity index (χ2v) is 6.34. The first-order valence-corrected chi connectivity index (χ1v) is 8.11. The minimum Gasteiger partial charge on any atom is -0.353 e. The SMILES string of the molecule is CN=C(NCc1ccc(NC(=O)NC(C)C)cc1)NC1CC1C. The first-order chi connectivity index (χ1) is 11.0. The monoisotopic (exact) mass is 317 g/mol. The average molecular weight is 317 g/mol. The van der Waals surface area contributed by atoms with E-state index in [-0.39, 0.29) is 12.1 Å². The quantitative estimate of drug-likeness (QED) is 0.497. The highest BCUT2D eigenvalue weighted by Gasteiger charge is 2.33. The van der Waals surface area contributed by atoms with E-state index >= 15 is 0 Å². The summed E-state index contributed by atoms with van der Waals surface area (Å²) in [4.78, 5) is 15.9. The molecule has 1 aliphatic carbocycles. The Balaban J connectivity index is 1.79. The van der Waals surface area contributed by atoms with E-state index in [0.717, 1.165) is 23.1 Å². The fraction of sp³-hybridized carbons (Fsp3) is 0.529. The number of nitrogens with zero attached hydrogens (tertiary/aromatic N) is 1. The first kappa shape index (κ1) is 17.1. The first-order valence-electron chi connectivity index (χ1n) is 8.11. The third-order valence-corrected chi connectivity index (χ3v) is 3.75. The zero-order valence-electron chi connectivity index (χ0n) is 14.3. The van der Waals surface area contributed by atoms with Crippen molar-refractivity contribution < 1.29 is 4.79 Å². The van der Waals surface area contributed by atoms with E-state index < -0.39 is 0 Å². The van der Waals surface area contributed by atoms with E-state index in [1.807, 2.05) is 38.1 Å². The number of rotatable bonds is 5. The molecule has 1 aromatic rings. The van der Waals surface area contributed by atoms with Gasteiger partial charge in [-0.15, -0.1) is 0 Å². The van der Waals surface area contributed by atoms with Crippen molar-refractivity contribution in [3.63, 3.8) is 0 Å². The molecule has 1 saturated carbocycles. The van der Waals surface area contributed by atoms with Crippen LogP contribution >= 0.6 is 0 Å². The van der Waals surface area contributed by atoms with Crippen LogP contribution < -0.4 is 21.3 Å². The minimum atomic E-state index is -0.186. The van der Waals surface area contributed by atoms with E-state index in [1.165, 1.54) is 6.42 Å². The third kappa shape index (κ3) is 5.81. The number of anilines is 1. The molecule has 0 spiro atoms. The van der Waals surface area contributed by atoms with Gasteiger partial charge in [-0.05, 0) is 43.9 Å². The van der Waals surface area contributed by atoms with E-state index in [9.17, 15) is 4.79 Å². The van der Waals surface area contributed by atoms with Gasteiger partial charge in [0.1, 0.15) is 0 Å². The summed E-state index contributed by atoms with van der Waals surface area (Å²) in [6, 6.07) is 8.26. The van der Waals surface area contributed by atoms with Crippen LogP contribution in [-0.4, -0.2) is 31.1 Å². The molecule has 2 amide bonds. The molecule has 0 aromatic heterocycles. The number of urea groups is 1. The van der Waals surface area contributed by atoms with Crippen molar-refractivity contribution in [2.75, 3.05) is 12.4 Å². The number of aliphatic imine (C=N–C) groups is 1. The van der Waals surface area contributed by atoms with Crippen molar-refractivity contribution in [3.05, 3.63) is 29.8 Å². The van der Waals surface area contributed by atoms with Crippen LogP contribution in [0, 0.1) is 5.92 Å². The number of amides is 2. The molecule has 1 aromatic carbocycles. The van der Waals surface area contributed by atoms with Gasteiger partial charge in [-0.3, -0.25) is 4.99 Å². The summed E-state index contributed by atoms with van der Waals surface area (Å²) in [6.07, 6.45) is 1.21. The Kier molecular flexibility index (Phi) is 5.84. The zero-order chi connectivity index (χ0) is 16.8. The Labute approximate surface area is 138 Å². The van der Waals surface area contributed by atoms with Gasteiger partial charge in [0.25, 0.3) is 0 Å². The van der Waals surface area contributed by atoms with E-state index in [0.29, 0.717) is 12.6 Å². The number of carbonyl (C=O) groups is 1. The second kappa shape index (κ2) is 7.85. The Bertz CT molecular complexity index is 553. The van der Waals surface area contributed by atoms with Gasteiger partial charge >= 0.3 is 6.03 Å². The van der Waals surface area contributed by atoms with Gasteiger partial charge in [0.15, 0.2) is 5.96 Å². The molecule has 2 unspecified atom stereocenters. The number of hydrogen-bond acceptors (Lipinski definition) is 2. The van der Waals surface area contributed by atoms with Crippen LogP contribution in [0.15, 0.2) is 29.3 Å². The summed E-state index contributed by atoms with van der Waals surface area (Å²) in [6.45, 7) is 6.78. The van der Waals surface area contributed by atoms with Crippen LogP contribution in [0.3, 0.4) is 0 Å². The molecular formula is C17H27N5O. The molecule has 0 saturated heterocycles. The highest BCUT2D eigenvalue weighted by Crippen LogP contribution is 2.28. The van der Waals surface area contributed by atoms with E-state index in [1.54, 1.807) is 7.05 Å². The van der Waals surface area contributed by atoms with Crippen molar-refractivity contribution in [3.8, 4) is 0 Å². The maximum absolute atomic E-state index is 11.6. The Hall–Kier alpha value is -2.24. The fourth-order valence-electron chi connectivity index (χ4n) is 2.21. The minimum absolute atomic E-state index is 0.118. The van der Waals surface area contributed by atoms with E-state index in [4.69, 9.17) is 0 Å². The van der Waals surface area contributed by atoms with Gasteiger partial charge in [0, 0.05) is 31.4 Å².